The van der Waals surface area contributed by atoms with Crippen molar-refractivity contribution in [3.8, 4) is 0 Å². The lowest BCUT2D eigenvalue weighted by atomic mass is 9.73. The van der Waals surface area contributed by atoms with Crippen LogP contribution in [0, 0.1) is 11.3 Å². The molecule has 1 amide bonds. The Kier molecular flexibility index (Phi) is 4.73. The minimum atomic E-state index is -0.555. The van der Waals surface area contributed by atoms with Crippen LogP contribution in [0.2, 0.25) is 0 Å². The van der Waals surface area contributed by atoms with Gasteiger partial charge in [0.2, 0.25) is 5.91 Å². The van der Waals surface area contributed by atoms with Crippen molar-refractivity contribution in [3.05, 3.63) is 59.7 Å². The summed E-state index contributed by atoms with van der Waals surface area (Å²) in [7, 11) is 0. The van der Waals surface area contributed by atoms with E-state index in [0.29, 0.717) is 17.8 Å². The van der Waals surface area contributed by atoms with Crippen LogP contribution in [0.3, 0.4) is 0 Å². The topological polar surface area (TPSA) is 75.2 Å². The smallest absolute Gasteiger partial charge is 0.231 e. The van der Waals surface area contributed by atoms with E-state index in [9.17, 15) is 9.59 Å². The number of nitrogens with zero attached hydrogens (tertiary/aromatic N) is 3. The maximum absolute atomic E-state index is 13.4. The van der Waals surface area contributed by atoms with Crippen LogP contribution in [0.5, 0.6) is 0 Å². The van der Waals surface area contributed by atoms with Gasteiger partial charge in [-0.05, 0) is 35.6 Å². The van der Waals surface area contributed by atoms with Gasteiger partial charge in [0.15, 0.2) is 11.6 Å². The highest BCUT2D eigenvalue weighted by Gasteiger charge is 2.44. The Bertz CT molecular complexity index is 995. The van der Waals surface area contributed by atoms with Crippen molar-refractivity contribution in [2.24, 2.45) is 11.3 Å². The summed E-state index contributed by atoms with van der Waals surface area (Å²) in [5.74, 6) is 0.278. The fourth-order valence-electron chi connectivity index (χ4n) is 4.23. The van der Waals surface area contributed by atoms with Crippen LogP contribution in [0.1, 0.15) is 52.1 Å². The SMILES string of the molecule is CC(C)C(=O)N1c2ncccc2NC2=C(C(=O)CC(C)(C)C2)C1c1cccnc1. The van der Waals surface area contributed by atoms with Crippen molar-refractivity contribution >= 4 is 23.2 Å². The first-order valence-electron chi connectivity index (χ1n) is 10.00. The number of Topliss-reactive ketones (excluding diaryl/α,β-unsaturated/α-hetero) is 1. The second kappa shape index (κ2) is 7.10. The van der Waals surface area contributed by atoms with Gasteiger partial charge in [-0.3, -0.25) is 19.5 Å². The first-order valence-corrected chi connectivity index (χ1v) is 10.00. The molecule has 2 aromatic rings. The van der Waals surface area contributed by atoms with Gasteiger partial charge in [-0.25, -0.2) is 4.98 Å². The molecule has 0 saturated carbocycles. The molecule has 1 aliphatic carbocycles. The third-order valence-corrected chi connectivity index (χ3v) is 5.48. The van der Waals surface area contributed by atoms with E-state index in [0.717, 1.165) is 23.4 Å². The number of fused-ring (bicyclic) bond motifs is 1. The lowest BCUT2D eigenvalue weighted by molar-refractivity contribution is -0.122. The average Bonchev–Trinajstić information content (AvgIpc) is 2.81. The van der Waals surface area contributed by atoms with Gasteiger partial charge < -0.3 is 5.32 Å². The van der Waals surface area contributed by atoms with Gasteiger partial charge in [0.05, 0.1) is 11.7 Å². The number of hydrogen-bond donors (Lipinski definition) is 1. The van der Waals surface area contributed by atoms with Gasteiger partial charge in [-0.2, -0.15) is 0 Å². The summed E-state index contributed by atoms with van der Waals surface area (Å²) in [4.78, 5) is 37.3. The molecule has 2 aromatic heterocycles. The molecule has 6 heteroatoms. The van der Waals surface area contributed by atoms with E-state index in [1.807, 2.05) is 38.1 Å². The fraction of sp³-hybridized carbons (Fsp3) is 0.391. The molecule has 0 spiro atoms. The van der Waals surface area contributed by atoms with Crippen molar-refractivity contribution in [2.75, 3.05) is 10.2 Å². The number of allylic oxidation sites excluding steroid dienone is 1. The zero-order valence-corrected chi connectivity index (χ0v) is 17.3. The van der Waals surface area contributed by atoms with Crippen LogP contribution in [-0.2, 0) is 9.59 Å². The van der Waals surface area contributed by atoms with Crippen molar-refractivity contribution < 1.29 is 9.59 Å². The Hall–Kier alpha value is -3.02. The zero-order valence-electron chi connectivity index (χ0n) is 17.3. The molecule has 0 saturated heterocycles. The second-order valence-electron chi connectivity index (χ2n) is 8.88. The predicted octanol–water partition coefficient (Wildman–Crippen LogP) is 4.28. The molecule has 1 atom stereocenters. The fourth-order valence-corrected chi connectivity index (χ4v) is 4.23. The highest BCUT2D eigenvalue weighted by atomic mass is 16.2. The standard InChI is InChI=1S/C23H26N4O2/c1-14(2)22(29)27-20(15-7-5-9-24-13-15)19-17(11-23(3,4)12-18(19)28)26-16-8-6-10-25-21(16)27/h5-10,13-14,20,26H,11-12H2,1-4H3. The average molecular weight is 390 g/mol. The third-order valence-electron chi connectivity index (χ3n) is 5.48. The lowest BCUT2D eigenvalue weighted by Crippen LogP contribution is -2.41. The Morgan fingerprint density at radius 2 is 1.97 bits per heavy atom. The quantitative estimate of drug-likeness (QED) is 0.829. The van der Waals surface area contributed by atoms with Crippen LogP contribution < -0.4 is 10.2 Å². The number of ketones is 1. The number of rotatable bonds is 2. The maximum Gasteiger partial charge on any atom is 0.231 e. The summed E-state index contributed by atoms with van der Waals surface area (Å²) < 4.78 is 0. The summed E-state index contributed by atoms with van der Waals surface area (Å²) in [6.45, 7) is 7.93. The van der Waals surface area contributed by atoms with E-state index in [2.05, 4.69) is 29.1 Å². The third kappa shape index (κ3) is 3.43. The van der Waals surface area contributed by atoms with Crippen LogP contribution in [0.25, 0.3) is 0 Å². The molecule has 3 heterocycles. The Morgan fingerprint density at radius 3 is 2.66 bits per heavy atom. The molecule has 1 unspecified atom stereocenters. The minimum absolute atomic E-state index is 0.0620. The van der Waals surface area contributed by atoms with E-state index in [1.165, 1.54) is 0 Å². The Labute approximate surface area is 171 Å². The maximum atomic E-state index is 13.4. The number of carbonyl (C=O) groups is 2. The van der Waals surface area contributed by atoms with Crippen LogP contribution >= 0.6 is 0 Å². The summed E-state index contributed by atoms with van der Waals surface area (Å²) in [5.41, 5.74) is 2.91. The highest BCUT2D eigenvalue weighted by molar-refractivity contribution is 6.06. The van der Waals surface area contributed by atoms with E-state index < -0.39 is 6.04 Å². The van der Waals surface area contributed by atoms with Crippen molar-refractivity contribution in [1.82, 2.24) is 9.97 Å². The molecule has 0 radical (unpaired) electrons. The predicted molar refractivity (Wildman–Crippen MR) is 112 cm³/mol. The van der Waals surface area contributed by atoms with Crippen molar-refractivity contribution in [3.63, 3.8) is 0 Å². The normalized spacial score (nSPS) is 20.7. The number of aromatic nitrogens is 2. The Balaban J connectivity index is 2.02. The zero-order chi connectivity index (χ0) is 20.8. The molecule has 2 aliphatic rings. The van der Waals surface area contributed by atoms with Gasteiger partial charge in [0.1, 0.15) is 0 Å². The first kappa shape index (κ1) is 19.3. The molecular formula is C23H26N4O2. The largest absolute Gasteiger partial charge is 0.355 e. The van der Waals surface area contributed by atoms with E-state index in [1.54, 1.807) is 23.5 Å². The molecule has 0 bridgehead atoms. The van der Waals surface area contributed by atoms with Crippen molar-refractivity contribution in [1.29, 1.82) is 0 Å². The van der Waals surface area contributed by atoms with Crippen LogP contribution in [0.4, 0.5) is 11.5 Å². The minimum Gasteiger partial charge on any atom is -0.355 e. The number of amides is 1. The van der Waals surface area contributed by atoms with Gasteiger partial charge >= 0.3 is 0 Å². The molecule has 0 fully saturated rings. The van der Waals surface area contributed by atoms with Crippen LogP contribution in [0.15, 0.2) is 54.1 Å². The van der Waals surface area contributed by atoms with Gasteiger partial charge in [-0.1, -0.05) is 33.8 Å². The Morgan fingerprint density at radius 1 is 1.21 bits per heavy atom. The summed E-state index contributed by atoms with van der Waals surface area (Å²) in [6, 6.07) is 6.95. The van der Waals surface area contributed by atoms with Gasteiger partial charge in [0, 0.05) is 42.2 Å². The summed E-state index contributed by atoms with van der Waals surface area (Å²) in [6.07, 6.45) is 6.27. The first-order chi connectivity index (χ1) is 13.8. The number of hydrogen-bond acceptors (Lipinski definition) is 5. The lowest BCUT2D eigenvalue weighted by Gasteiger charge is -2.37. The highest BCUT2D eigenvalue weighted by Crippen LogP contribution is 2.47. The summed E-state index contributed by atoms with van der Waals surface area (Å²) in [5, 5.41) is 3.45. The second-order valence-corrected chi connectivity index (χ2v) is 8.88. The molecule has 4 rings (SSSR count). The molecule has 1 N–H and O–H groups in total. The van der Waals surface area contributed by atoms with Gasteiger partial charge in [-0.15, -0.1) is 0 Å². The van der Waals surface area contributed by atoms with Gasteiger partial charge in [0.25, 0.3) is 0 Å². The summed E-state index contributed by atoms with van der Waals surface area (Å²) >= 11 is 0. The van der Waals surface area contributed by atoms with E-state index in [4.69, 9.17) is 0 Å². The van der Waals surface area contributed by atoms with E-state index >= 15 is 0 Å². The number of carbonyl (C=O) groups excluding carboxylic acids is 2. The molecular weight excluding hydrogens is 364 g/mol. The molecule has 6 nitrogen and oxygen atoms in total. The molecule has 0 aromatic carbocycles. The number of pyridine rings is 2. The number of nitrogens with one attached hydrogen (secondary N) is 1. The van der Waals surface area contributed by atoms with Crippen molar-refractivity contribution in [2.45, 2.75) is 46.6 Å². The van der Waals surface area contributed by atoms with Crippen LogP contribution in [-0.4, -0.2) is 21.7 Å². The molecule has 29 heavy (non-hydrogen) atoms. The number of anilines is 2. The monoisotopic (exact) mass is 390 g/mol. The molecule has 1 aliphatic heterocycles. The van der Waals surface area contributed by atoms with E-state index in [-0.39, 0.29) is 23.0 Å². The molecule has 150 valence electrons.